The van der Waals surface area contributed by atoms with Crippen LogP contribution in [0.5, 0.6) is 11.5 Å². The molecule has 2 aromatic rings. The molecule has 1 heterocycles. The lowest BCUT2D eigenvalue weighted by Gasteiger charge is -2.16. The van der Waals surface area contributed by atoms with E-state index >= 15 is 0 Å². The lowest BCUT2D eigenvalue weighted by Crippen LogP contribution is -2.25. The van der Waals surface area contributed by atoms with E-state index in [-0.39, 0.29) is 5.91 Å². The Hall–Kier alpha value is -1.81. The minimum absolute atomic E-state index is 0.0705. The molecule has 19 heavy (non-hydrogen) atoms. The minimum Gasteiger partial charge on any atom is -0.454 e. The number of amides is 1. The van der Waals surface area contributed by atoms with Gasteiger partial charge in [0.2, 0.25) is 0 Å². The van der Waals surface area contributed by atoms with Crippen molar-refractivity contribution < 1.29 is 9.53 Å². The number of carbonyl (C=O) groups is 1. The number of rotatable bonds is 0. The van der Waals surface area contributed by atoms with E-state index in [9.17, 15) is 4.79 Å². The number of ether oxygens (including phenoxy) is 1. The Morgan fingerprint density at radius 3 is 2.68 bits per heavy atom. The Bertz CT molecular complexity index is 682. The minimum atomic E-state index is -0.0705. The van der Waals surface area contributed by atoms with Gasteiger partial charge in [-0.05, 0) is 42.8 Å². The summed E-state index contributed by atoms with van der Waals surface area (Å²) in [5.74, 6) is 1.22. The largest absolute Gasteiger partial charge is 0.454 e. The summed E-state index contributed by atoms with van der Waals surface area (Å²) in [6.07, 6.45) is 0. The van der Waals surface area contributed by atoms with Crippen molar-refractivity contribution in [2.75, 3.05) is 11.9 Å². The fraction of sp³-hybridized carbons (Fsp3) is 0.133. The van der Waals surface area contributed by atoms with Gasteiger partial charge in [0.05, 0.1) is 11.3 Å². The van der Waals surface area contributed by atoms with Crippen LogP contribution in [-0.4, -0.2) is 13.0 Å². The fourth-order valence-electron chi connectivity index (χ4n) is 2.15. The van der Waals surface area contributed by atoms with Crippen LogP contribution in [0.1, 0.15) is 15.9 Å². The van der Waals surface area contributed by atoms with Gasteiger partial charge in [0.1, 0.15) is 5.75 Å². The SMILES string of the molecule is Cc1ccc2c(c1)Oc1ccc(Br)cc1C(=O)N2C. The molecule has 0 bridgehead atoms. The maximum absolute atomic E-state index is 12.5. The zero-order chi connectivity index (χ0) is 13.6. The number of benzene rings is 2. The molecule has 0 atom stereocenters. The lowest BCUT2D eigenvalue weighted by atomic mass is 10.1. The first-order valence-electron chi connectivity index (χ1n) is 5.92. The highest BCUT2D eigenvalue weighted by Crippen LogP contribution is 2.39. The molecule has 2 aromatic carbocycles. The highest BCUT2D eigenvalue weighted by Gasteiger charge is 2.25. The van der Waals surface area contributed by atoms with E-state index in [2.05, 4.69) is 15.9 Å². The Kier molecular flexibility index (Phi) is 2.82. The average Bonchev–Trinajstić information content (AvgIpc) is 2.48. The number of hydrogen-bond acceptors (Lipinski definition) is 2. The third-order valence-corrected chi connectivity index (χ3v) is 3.67. The maximum Gasteiger partial charge on any atom is 0.261 e. The quantitative estimate of drug-likeness (QED) is 0.730. The number of halogens is 1. The van der Waals surface area contributed by atoms with Crippen LogP contribution in [0.4, 0.5) is 5.69 Å². The predicted octanol–water partition coefficient (Wildman–Crippen LogP) is 4.14. The van der Waals surface area contributed by atoms with E-state index in [1.165, 1.54) is 0 Å². The first-order valence-corrected chi connectivity index (χ1v) is 6.71. The summed E-state index contributed by atoms with van der Waals surface area (Å²) < 4.78 is 6.76. The molecule has 0 radical (unpaired) electrons. The van der Waals surface area contributed by atoms with Crippen molar-refractivity contribution in [3.63, 3.8) is 0 Å². The van der Waals surface area contributed by atoms with Gasteiger partial charge in [-0.2, -0.15) is 0 Å². The molecule has 0 spiro atoms. The molecule has 1 aliphatic heterocycles. The van der Waals surface area contributed by atoms with Gasteiger partial charge in [0.15, 0.2) is 5.75 Å². The van der Waals surface area contributed by atoms with Gasteiger partial charge in [-0.3, -0.25) is 4.79 Å². The third-order valence-electron chi connectivity index (χ3n) is 3.17. The summed E-state index contributed by atoms with van der Waals surface area (Å²) in [7, 11) is 1.76. The van der Waals surface area contributed by atoms with E-state index in [1.807, 2.05) is 37.3 Å². The molecule has 0 fully saturated rings. The van der Waals surface area contributed by atoms with E-state index in [4.69, 9.17) is 4.74 Å². The smallest absolute Gasteiger partial charge is 0.261 e. The summed E-state index contributed by atoms with van der Waals surface area (Å²) in [6, 6.07) is 11.3. The fourth-order valence-corrected chi connectivity index (χ4v) is 2.51. The van der Waals surface area contributed by atoms with Gasteiger partial charge in [0.25, 0.3) is 5.91 Å². The summed E-state index contributed by atoms with van der Waals surface area (Å²) in [5.41, 5.74) is 2.44. The van der Waals surface area contributed by atoms with Crippen molar-refractivity contribution >= 4 is 27.5 Å². The number of nitrogens with zero attached hydrogens (tertiary/aromatic N) is 1. The third kappa shape index (κ3) is 2.02. The molecule has 0 aliphatic carbocycles. The zero-order valence-electron chi connectivity index (χ0n) is 10.6. The van der Waals surface area contributed by atoms with Crippen LogP contribution < -0.4 is 9.64 Å². The number of fused-ring (bicyclic) bond motifs is 2. The van der Waals surface area contributed by atoms with E-state index in [1.54, 1.807) is 18.0 Å². The Morgan fingerprint density at radius 1 is 1.11 bits per heavy atom. The molecule has 1 amide bonds. The van der Waals surface area contributed by atoms with Crippen LogP contribution in [0.3, 0.4) is 0 Å². The molecule has 0 saturated carbocycles. The normalized spacial score (nSPS) is 13.4. The van der Waals surface area contributed by atoms with Crippen molar-refractivity contribution in [2.24, 2.45) is 0 Å². The number of aryl methyl sites for hydroxylation is 1. The molecule has 1 aliphatic rings. The van der Waals surface area contributed by atoms with Crippen molar-refractivity contribution in [1.82, 2.24) is 0 Å². The zero-order valence-corrected chi connectivity index (χ0v) is 12.2. The molecule has 3 nitrogen and oxygen atoms in total. The van der Waals surface area contributed by atoms with Crippen LogP contribution in [-0.2, 0) is 0 Å². The predicted molar refractivity (Wildman–Crippen MR) is 78.1 cm³/mol. The first-order chi connectivity index (χ1) is 9.06. The van der Waals surface area contributed by atoms with Gasteiger partial charge < -0.3 is 9.64 Å². The van der Waals surface area contributed by atoms with E-state index in [0.29, 0.717) is 17.1 Å². The molecule has 3 rings (SSSR count). The van der Waals surface area contributed by atoms with Crippen molar-refractivity contribution in [2.45, 2.75) is 6.92 Å². The number of anilines is 1. The highest BCUT2D eigenvalue weighted by molar-refractivity contribution is 9.10. The van der Waals surface area contributed by atoms with Crippen molar-refractivity contribution in [1.29, 1.82) is 0 Å². The molecular formula is C15H12BrNO2. The van der Waals surface area contributed by atoms with Crippen molar-refractivity contribution in [3.8, 4) is 11.5 Å². The summed E-state index contributed by atoms with van der Waals surface area (Å²) in [4.78, 5) is 14.1. The topological polar surface area (TPSA) is 29.5 Å². The average molecular weight is 318 g/mol. The molecule has 0 N–H and O–H groups in total. The molecule has 4 heteroatoms. The number of carbonyl (C=O) groups excluding carboxylic acids is 1. The number of hydrogen-bond donors (Lipinski definition) is 0. The second-order valence-electron chi connectivity index (χ2n) is 4.58. The highest BCUT2D eigenvalue weighted by atomic mass is 79.9. The van der Waals surface area contributed by atoms with Crippen LogP contribution >= 0.6 is 15.9 Å². The standard InChI is InChI=1S/C15H12BrNO2/c1-9-3-5-12-14(7-9)19-13-6-4-10(16)8-11(13)15(18)17(12)2/h3-8H,1-2H3. The van der Waals surface area contributed by atoms with E-state index < -0.39 is 0 Å². The lowest BCUT2D eigenvalue weighted by molar-refractivity contribution is 0.0993. The van der Waals surface area contributed by atoms with E-state index in [0.717, 1.165) is 15.7 Å². The second kappa shape index (κ2) is 4.38. The summed E-state index contributed by atoms with van der Waals surface area (Å²) >= 11 is 3.38. The summed E-state index contributed by atoms with van der Waals surface area (Å²) in [6.45, 7) is 2.00. The van der Waals surface area contributed by atoms with Crippen LogP contribution in [0.15, 0.2) is 40.9 Å². The molecule has 0 unspecified atom stereocenters. The second-order valence-corrected chi connectivity index (χ2v) is 5.49. The van der Waals surface area contributed by atoms with Crippen LogP contribution in [0, 0.1) is 6.92 Å². The summed E-state index contributed by atoms with van der Waals surface area (Å²) in [5, 5.41) is 0. The van der Waals surface area contributed by atoms with Gasteiger partial charge in [-0.15, -0.1) is 0 Å². The maximum atomic E-state index is 12.5. The molecule has 96 valence electrons. The molecular weight excluding hydrogens is 306 g/mol. The monoisotopic (exact) mass is 317 g/mol. The van der Waals surface area contributed by atoms with Gasteiger partial charge >= 0.3 is 0 Å². The van der Waals surface area contributed by atoms with Crippen LogP contribution in [0.25, 0.3) is 0 Å². The van der Waals surface area contributed by atoms with Crippen LogP contribution in [0.2, 0.25) is 0 Å². The van der Waals surface area contributed by atoms with Gasteiger partial charge in [0, 0.05) is 11.5 Å². The van der Waals surface area contributed by atoms with Gasteiger partial charge in [-0.1, -0.05) is 22.0 Å². The Balaban J connectivity index is 2.23. The van der Waals surface area contributed by atoms with Crippen molar-refractivity contribution in [3.05, 3.63) is 52.0 Å². The van der Waals surface area contributed by atoms with Gasteiger partial charge in [-0.25, -0.2) is 0 Å². The first kappa shape index (κ1) is 12.2. The Morgan fingerprint density at radius 2 is 1.89 bits per heavy atom. The molecule has 0 aromatic heterocycles. The molecule has 0 saturated heterocycles. The Labute approximate surface area is 119 Å².